The van der Waals surface area contributed by atoms with Gasteiger partial charge in [0.05, 0.1) is 11.0 Å². The lowest BCUT2D eigenvalue weighted by molar-refractivity contribution is 1.26. The molecule has 0 atom stereocenters. The molecule has 0 amide bonds. The predicted octanol–water partition coefficient (Wildman–Crippen LogP) is 16.1. The largest absolute Gasteiger partial charge is 0.316 e. The van der Waals surface area contributed by atoms with E-state index in [1.807, 2.05) is 0 Å². The zero-order chi connectivity index (χ0) is 39.8. The molecule has 0 bridgehead atoms. The lowest BCUT2D eigenvalue weighted by Gasteiger charge is -2.26. The summed E-state index contributed by atoms with van der Waals surface area (Å²) in [5.74, 6) is 0. The molecule has 2 nitrogen and oxygen atoms in total. The van der Waals surface area contributed by atoms with Crippen molar-refractivity contribution in [3.8, 4) is 55.6 Å². The van der Waals surface area contributed by atoms with Crippen LogP contribution in [0.2, 0.25) is 0 Å². The first-order chi connectivity index (χ1) is 29.7. The van der Waals surface area contributed by atoms with Crippen LogP contribution in [0.1, 0.15) is 0 Å². The SMILES string of the molecule is c1ccc(-c2ccc(N(c3ccc(-c4ccccc4)cc3)c3ccc(-c4ccc5ccc6c(c(-c7cccc(-c8ccccc8)c7)c7ccccn76)c5c4)cc3)cc2)cc1. The Kier molecular flexibility index (Phi) is 8.87. The Balaban J connectivity index is 1.01. The number of hydrogen-bond donors (Lipinski definition) is 0. The normalized spacial score (nSPS) is 11.3. The van der Waals surface area contributed by atoms with E-state index in [1.165, 1.54) is 82.8 Å². The van der Waals surface area contributed by atoms with E-state index >= 15 is 0 Å². The van der Waals surface area contributed by atoms with Gasteiger partial charge in [-0.15, -0.1) is 0 Å². The van der Waals surface area contributed by atoms with Crippen LogP contribution < -0.4 is 4.90 Å². The van der Waals surface area contributed by atoms with Gasteiger partial charge in [-0.2, -0.15) is 0 Å². The van der Waals surface area contributed by atoms with Crippen molar-refractivity contribution in [2.75, 3.05) is 4.90 Å². The summed E-state index contributed by atoms with van der Waals surface area (Å²) in [6.07, 6.45) is 2.19. The molecule has 0 unspecified atom stereocenters. The molecule has 11 aromatic rings. The fourth-order valence-electron chi connectivity index (χ4n) is 8.83. The minimum absolute atomic E-state index is 1.10. The third-order valence-electron chi connectivity index (χ3n) is 11.8. The molecule has 2 heterocycles. The number of fused-ring (bicyclic) bond motifs is 5. The van der Waals surface area contributed by atoms with Gasteiger partial charge in [0, 0.05) is 34.2 Å². The van der Waals surface area contributed by atoms with Gasteiger partial charge in [0.1, 0.15) is 0 Å². The maximum atomic E-state index is 2.39. The first kappa shape index (κ1) is 35.2. The molecule has 0 aliphatic carbocycles. The molecule has 9 aromatic carbocycles. The van der Waals surface area contributed by atoms with E-state index < -0.39 is 0 Å². The molecule has 0 saturated carbocycles. The highest BCUT2D eigenvalue weighted by molar-refractivity contribution is 6.19. The van der Waals surface area contributed by atoms with Crippen molar-refractivity contribution in [3.63, 3.8) is 0 Å². The molecule has 0 N–H and O–H groups in total. The highest BCUT2D eigenvalue weighted by Gasteiger charge is 2.18. The Hall–Kier alpha value is -7.94. The van der Waals surface area contributed by atoms with Gasteiger partial charge in [-0.25, -0.2) is 0 Å². The summed E-state index contributed by atoms with van der Waals surface area (Å²) in [7, 11) is 0. The van der Waals surface area contributed by atoms with Crippen molar-refractivity contribution < 1.29 is 0 Å². The van der Waals surface area contributed by atoms with Crippen molar-refractivity contribution in [1.82, 2.24) is 4.40 Å². The second kappa shape index (κ2) is 15.1. The average Bonchev–Trinajstić information content (AvgIpc) is 3.68. The Morgan fingerprint density at radius 2 is 0.700 bits per heavy atom. The van der Waals surface area contributed by atoms with E-state index in [-0.39, 0.29) is 0 Å². The summed E-state index contributed by atoms with van der Waals surface area (Å²) in [5, 5.41) is 3.74. The van der Waals surface area contributed by atoms with Crippen LogP contribution in [-0.2, 0) is 0 Å². The van der Waals surface area contributed by atoms with Gasteiger partial charge < -0.3 is 9.30 Å². The Morgan fingerprint density at radius 3 is 1.27 bits per heavy atom. The van der Waals surface area contributed by atoms with Crippen LogP contribution in [0.5, 0.6) is 0 Å². The first-order valence-corrected chi connectivity index (χ1v) is 20.6. The average molecular weight is 765 g/mol. The smallest absolute Gasteiger partial charge is 0.0541 e. The zero-order valence-corrected chi connectivity index (χ0v) is 33.0. The van der Waals surface area contributed by atoms with Crippen molar-refractivity contribution in [3.05, 3.63) is 243 Å². The standard InChI is InChI=1S/C58H40N2/c1-4-13-41(14-5-1)44-24-31-51(32-25-44)60(52-33-26-45(27-34-52)42-15-6-2-7-16-42)53-35-28-46(29-36-53)49-23-22-47-30-37-56-58(54(47)40-49)57(55-21-10-11-38-59(55)56)50-20-12-19-48(39-50)43-17-8-3-9-18-43/h1-40H. The monoisotopic (exact) mass is 764 g/mol. The molecular formula is C58H40N2. The number of nitrogens with zero attached hydrogens (tertiary/aromatic N) is 2. The summed E-state index contributed by atoms with van der Waals surface area (Å²) in [6.45, 7) is 0. The van der Waals surface area contributed by atoms with Crippen LogP contribution in [0.15, 0.2) is 243 Å². The van der Waals surface area contributed by atoms with Gasteiger partial charge in [-0.1, -0.05) is 170 Å². The Morgan fingerprint density at radius 1 is 0.283 bits per heavy atom. The molecule has 0 radical (unpaired) electrons. The number of aromatic nitrogens is 1. The first-order valence-electron chi connectivity index (χ1n) is 20.6. The Bertz CT molecular complexity index is 3170. The van der Waals surface area contributed by atoms with E-state index in [1.54, 1.807) is 0 Å². The van der Waals surface area contributed by atoms with Gasteiger partial charge >= 0.3 is 0 Å². The number of benzene rings is 9. The molecule has 0 fully saturated rings. The van der Waals surface area contributed by atoms with Crippen LogP contribution in [0.3, 0.4) is 0 Å². The van der Waals surface area contributed by atoms with E-state index in [0.717, 1.165) is 17.1 Å². The van der Waals surface area contributed by atoms with Crippen molar-refractivity contribution in [2.24, 2.45) is 0 Å². The summed E-state index contributed by atoms with van der Waals surface area (Å²) in [5.41, 5.74) is 17.8. The Labute approximate surface area is 350 Å². The molecular weight excluding hydrogens is 725 g/mol. The van der Waals surface area contributed by atoms with Crippen LogP contribution in [-0.4, -0.2) is 4.40 Å². The van der Waals surface area contributed by atoms with E-state index in [2.05, 4.69) is 252 Å². The highest BCUT2D eigenvalue weighted by Crippen LogP contribution is 2.43. The van der Waals surface area contributed by atoms with Crippen molar-refractivity contribution >= 4 is 44.3 Å². The maximum Gasteiger partial charge on any atom is 0.0541 e. The maximum absolute atomic E-state index is 2.39. The van der Waals surface area contributed by atoms with Crippen molar-refractivity contribution in [1.29, 1.82) is 0 Å². The number of anilines is 3. The fourth-order valence-corrected chi connectivity index (χ4v) is 8.83. The third-order valence-corrected chi connectivity index (χ3v) is 11.8. The topological polar surface area (TPSA) is 7.65 Å². The molecule has 11 rings (SSSR count). The summed E-state index contributed by atoms with van der Waals surface area (Å²) in [4.78, 5) is 2.35. The summed E-state index contributed by atoms with van der Waals surface area (Å²) >= 11 is 0. The fraction of sp³-hybridized carbons (Fsp3) is 0. The molecule has 0 aliphatic rings. The lowest BCUT2D eigenvalue weighted by atomic mass is 9.93. The predicted molar refractivity (Wildman–Crippen MR) is 254 cm³/mol. The molecule has 282 valence electrons. The van der Waals surface area contributed by atoms with E-state index in [4.69, 9.17) is 0 Å². The summed E-state index contributed by atoms with van der Waals surface area (Å²) in [6, 6.07) is 85.6. The summed E-state index contributed by atoms with van der Waals surface area (Å²) < 4.78 is 2.34. The second-order valence-electron chi connectivity index (χ2n) is 15.4. The van der Waals surface area contributed by atoms with Gasteiger partial charge in [0.15, 0.2) is 0 Å². The van der Waals surface area contributed by atoms with Crippen LogP contribution in [0, 0.1) is 0 Å². The van der Waals surface area contributed by atoms with Gasteiger partial charge in [-0.05, 0) is 128 Å². The molecule has 0 spiro atoms. The minimum atomic E-state index is 1.10. The number of rotatable bonds is 8. The minimum Gasteiger partial charge on any atom is -0.316 e. The molecule has 0 aliphatic heterocycles. The van der Waals surface area contributed by atoms with Crippen LogP contribution in [0.4, 0.5) is 17.1 Å². The molecule has 0 saturated heterocycles. The van der Waals surface area contributed by atoms with Crippen LogP contribution >= 0.6 is 0 Å². The second-order valence-corrected chi connectivity index (χ2v) is 15.4. The van der Waals surface area contributed by atoms with Crippen molar-refractivity contribution in [2.45, 2.75) is 0 Å². The number of pyridine rings is 1. The molecule has 2 heteroatoms. The van der Waals surface area contributed by atoms with Gasteiger partial charge in [0.2, 0.25) is 0 Å². The molecule has 60 heavy (non-hydrogen) atoms. The quantitative estimate of drug-likeness (QED) is 0.150. The number of hydrogen-bond acceptors (Lipinski definition) is 1. The zero-order valence-electron chi connectivity index (χ0n) is 33.0. The van der Waals surface area contributed by atoms with E-state index in [9.17, 15) is 0 Å². The van der Waals surface area contributed by atoms with Crippen LogP contribution in [0.25, 0.3) is 82.8 Å². The van der Waals surface area contributed by atoms with E-state index in [0.29, 0.717) is 0 Å². The lowest BCUT2D eigenvalue weighted by Crippen LogP contribution is -2.09. The van der Waals surface area contributed by atoms with Gasteiger partial charge in [-0.3, -0.25) is 0 Å². The van der Waals surface area contributed by atoms with Gasteiger partial charge in [0.25, 0.3) is 0 Å². The third kappa shape index (κ3) is 6.41. The molecule has 2 aromatic heterocycles. The highest BCUT2D eigenvalue weighted by atomic mass is 15.1.